The van der Waals surface area contributed by atoms with Gasteiger partial charge in [-0.15, -0.1) is 20.2 Å². The van der Waals surface area contributed by atoms with E-state index in [4.69, 9.17) is 23.7 Å². The van der Waals surface area contributed by atoms with E-state index in [0.29, 0.717) is 0 Å². The molecule has 60 heavy (non-hydrogen) atoms. The van der Waals surface area contributed by atoms with Crippen molar-refractivity contribution in [3.63, 3.8) is 0 Å². The molecule has 3 saturated carbocycles. The molecule has 5 rings (SSSR count). The number of benzene rings is 1. The second-order valence-corrected chi connectivity index (χ2v) is 15.7. The van der Waals surface area contributed by atoms with E-state index in [1.165, 1.54) is 45.2 Å². The third-order valence-corrected chi connectivity index (χ3v) is 12.5. The molecule has 0 spiro atoms. The fourth-order valence-electron chi connectivity index (χ4n) is 9.80. The monoisotopic (exact) mass is 852 g/mol. The predicted octanol–water partition coefficient (Wildman–Crippen LogP) is 4.76. The van der Waals surface area contributed by atoms with Gasteiger partial charge in [0.25, 0.3) is 10.2 Å². The molecular weight excluding hydrogens is 806 g/mol. The Morgan fingerprint density at radius 1 is 0.950 bits per heavy atom. The highest BCUT2D eigenvalue weighted by molar-refractivity contribution is 6.01. The summed E-state index contributed by atoms with van der Waals surface area (Å²) in [4.78, 5) is 95.2. The normalized spacial score (nSPS) is 31.3. The van der Waals surface area contributed by atoms with E-state index in [1.54, 1.807) is 6.92 Å². The quantitative estimate of drug-likeness (QED) is 0.0521. The number of halogens is 2. The summed E-state index contributed by atoms with van der Waals surface area (Å²) >= 11 is 0. The van der Waals surface area contributed by atoms with Crippen molar-refractivity contribution >= 4 is 29.7 Å². The minimum absolute atomic E-state index is 0.0000546. The van der Waals surface area contributed by atoms with Gasteiger partial charge in [0.1, 0.15) is 6.17 Å². The van der Waals surface area contributed by atoms with Gasteiger partial charge in [-0.2, -0.15) is 0 Å². The van der Waals surface area contributed by atoms with Crippen LogP contribution in [-0.2, 0) is 38.3 Å². The minimum atomic E-state index is -2.52. The number of hydrogen-bond acceptors (Lipinski definition) is 17. The summed E-state index contributed by atoms with van der Waals surface area (Å²) < 4.78 is 60.8. The van der Waals surface area contributed by atoms with Crippen LogP contribution in [0.5, 0.6) is 11.5 Å². The molecule has 1 N–H and O–H groups in total. The van der Waals surface area contributed by atoms with Crippen LogP contribution in [0.25, 0.3) is 0 Å². The van der Waals surface area contributed by atoms with Crippen LogP contribution in [0, 0.1) is 48.8 Å². The number of carbonyl (C=O) groups is 5. The molecule has 0 amide bonds. The second-order valence-electron chi connectivity index (χ2n) is 15.7. The van der Waals surface area contributed by atoms with Crippen molar-refractivity contribution in [3.8, 4) is 11.5 Å². The third kappa shape index (κ3) is 8.35. The lowest BCUT2D eigenvalue weighted by molar-refractivity contribution is -0.757. The van der Waals surface area contributed by atoms with Gasteiger partial charge in [0.2, 0.25) is 5.78 Å². The second kappa shape index (κ2) is 17.9. The van der Waals surface area contributed by atoms with Crippen molar-refractivity contribution in [1.82, 2.24) is 0 Å². The summed E-state index contributed by atoms with van der Waals surface area (Å²) in [6, 6.07) is 3.63. The number of rotatable bonds is 18. The lowest BCUT2D eigenvalue weighted by Gasteiger charge is -2.63. The van der Waals surface area contributed by atoms with E-state index in [-0.39, 0.29) is 61.5 Å². The molecule has 4 aliphatic rings. The van der Waals surface area contributed by atoms with Gasteiger partial charge in [0.05, 0.1) is 38.6 Å². The van der Waals surface area contributed by atoms with E-state index in [9.17, 15) is 49.3 Å². The van der Waals surface area contributed by atoms with Crippen LogP contribution in [-0.4, -0.2) is 102 Å². The zero-order valence-electron chi connectivity index (χ0n) is 33.3. The number of alkyl halides is 2. The summed E-state index contributed by atoms with van der Waals surface area (Å²) in [6.07, 6.45) is -2.73. The Hall–Kier alpha value is -5.73. The molecule has 9 atom stereocenters. The van der Waals surface area contributed by atoms with Crippen molar-refractivity contribution in [1.29, 1.82) is 0 Å². The number of unbranched alkanes of at least 4 members (excludes halogenated alkanes) is 1. The molecule has 0 aromatic heterocycles. The fraction of sp³-hybridized carbons (Fsp3) is 0.615. The number of ketones is 2. The van der Waals surface area contributed by atoms with Crippen LogP contribution in [0.4, 0.5) is 13.6 Å². The van der Waals surface area contributed by atoms with E-state index < -0.39 is 124 Å². The number of Topliss-reactive ketones (excluding diaryl/α,β-unsaturated/α-hetero) is 1. The zero-order valence-corrected chi connectivity index (χ0v) is 33.3. The molecule has 0 saturated heterocycles. The zero-order chi connectivity index (χ0) is 44.2. The van der Waals surface area contributed by atoms with E-state index in [2.05, 4.69) is 9.68 Å². The molecule has 2 unspecified atom stereocenters. The lowest BCUT2D eigenvalue weighted by Crippen LogP contribution is -2.71. The van der Waals surface area contributed by atoms with Crippen molar-refractivity contribution in [3.05, 3.63) is 67.8 Å². The number of fused-ring (bicyclic) bond motifs is 5. The maximum atomic E-state index is 17.8. The van der Waals surface area contributed by atoms with Crippen LogP contribution < -0.4 is 9.47 Å². The van der Waals surface area contributed by atoms with Crippen molar-refractivity contribution < 1.29 is 81.4 Å². The Kier molecular flexibility index (Phi) is 13.5. The molecule has 0 radical (unpaired) electrons. The van der Waals surface area contributed by atoms with Gasteiger partial charge < -0.3 is 38.5 Å². The van der Waals surface area contributed by atoms with Gasteiger partial charge in [-0.3, -0.25) is 14.4 Å². The summed E-state index contributed by atoms with van der Waals surface area (Å²) in [5, 5.41) is 30.7. The van der Waals surface area contributed by atoms with Gasteiger partial charge >= 0.3 is 18.1 Å². The molecule has 19 nitrogen and oxygen atoms in total. The SMILES string of the molecule is COc1cc(C(=O)OCCCCO[N+](=O)[O-])ccc1OC(=O)OCC(=O)[C@@]1(OC(=O)CCCO[N+](=O)[O-])[C@H](C)CC2C3C[C@H](F)C4=CC(=O)C=C[C@]4(C)[C@@]3(F)[C@@H](O)C[C@@]21C. The Bertz CT molecular complexity index is 1960. The molecule has 0 bridgehead atoms. The van der Waals surface area contributed by atoms with E-state index in [0.717, 1.165) is 12.2 Å². The number of ether oxygens (including phenoxy) is 5. The largest absolute Gasteiger partial charge is 0.514 e. The molecule has 1 aromatic rings. The summed E-state index contributed by atoms with van der Waals surface area (Å²) in [7, 11) is 1.21. The van der Waals surface area contributed by atoms with Gasteiger partial charge in [0, 0.05) is 29.1 Å². The Balaban J connectivity index is 1.36. The topological polar surface area (TPSA) is 256 Å². The average molecular weight is 853 g/mol. The molecule has 4 aliphatic carbocycles. The van der Waals surface area contributed by atoms with Gasteiger partial charge in [-0.25, -0.2) is 18.4 Å². The molecule has 0 aliphatic heterocycles. The lowest BCUT2D eigenvalue weighted by atomic mass is 9.44. The summed E-state index contributed by atoms with van der Waals surface area (Å²) in [5.41, 5.74) is -8.17. The van der Waals surface area contributed by atoms with Crippen molar-refractivity contribution in [2.45, 2.75) is 89.3 Å². The smallest absolute Gasteiger partial charge is 0.493 e. The number of nitrogens with zero attached hydrogens (tertiary/aromatic N) is 2. The van der Waals surface area contributed by atoms with Crippen LogP contribution in [0.15, 0.2) is 42.0 Å². The summed E-state index contributed by atoms with van der Waals surface area (Å²) in [6.45, 7) is 2.70. The minimum Gasteiger partial charge on any atom is -0.493 e. The maximum Gasteiger partial charge on any atom is 0.514 e. The first-order valence-electron chi connectivity index (χ1n) is 19.2. The standard InChI is InChI=1S/C39H46F2N2O17/c1-22-16-25-26-19-28(40)27-18-24(44)11-12-36(27,2)38(26,41)31(45)20-37(25,3)39(22,60-33(47)8-7-15-58-43(52)53)32(46)21-56-35(49)59-29-10-9-23(17-30(29)54-4)34(48)55-13-5-6-14-57-42(50)51/h9-12,17-18,22,25-26,28,31,45H,5-8,13-16,19-21H2,1-4H3/t22-,25?,26?,28+,31+,36+,37+,38+,39+/m1/s1. The average Bonchev–Trinajstić information content (AvgIpc) is 3.40. The van der Waals surface area contributed by atoms with Crippen LogP contribution >= 0.6 is 0 Å². The number of hydrogen-bond donors (Lipinski definition) is 1. The van der Waals surface area contributed by atoms with E-state index in [1.807, 2.05) is 0 Å². The highest BCUT2D eigenvalue weighted by Crippen LogP contribution is 2.71. The van der Waals surface area contributed by atoms with E-state index >= 15 is 8.78 Å². The number of allylic oxidation sites excluding steroid dienone is 4. The third-order valence-electron chi connectivity index (χ3n) is 12.5. The molecule has 0 heterocycles. The molecular formula is C39H46F2N2O17. The predicted molar refractivity (Wildman–Crippen MR) is 197 cm³/mol. The number of carbonyl (C=O) groups excluding carboxylic acids is 5. The number of aliphatic hydroxyl groups excluding tert-OH is 1. The van der Waals surface area contributed by atoms with Gasteiger partial charge in [0.15, 0.2) is 35.2 Å². The molecule has 3 fully saturated rings. The molecule has 1 aromatic carbocycles. The van der Waals surface area contributed by atoms with Gasteiger partial charge in [-0.05, 0) is 87.3 Å². The van der Waals surface area contributed by atoms with Crippen molar-refractivity contribution in [2.75, 3.05) is 33.5 Å². The van der Waals surface area contributed by atoms with Crippen LogP contribution in [0.2, 0.25) is 0 Å². The number of methoxy groups -OCH3 is 1. The first kappa shape index (κ1) is 45.4. The number of aliphatic hydroxyl groups is 1. The Labute approximate surface area is 341 Å². The summed E-state index contributed by atoms with van der Waals surface area (Å²) in [5.74, 6) is -6.72. The number of esters is 2. The van der Waals surface area contributed by atoms with Crippen LogP contribution in [0.3, 0.4) is 0 Å². The highest BCUT2D eigenvalue weighted by atomic mass is 19.1. The first-order chi connectivity index (χ1) is 28.2. The Morgan fingerprint density at radius 2 is 1.62 bits per heavy atom. The maximum absolute atomic E-state index is 17.8. The first-order valence-corrected chi connectivity index (χ1v) is 19.2. The van der Waals surface area contributed by atoms with Crippen LogP contribution in [0.1, 0.15) is 76.1 Å². The highest BCUT2D eigenvalue weighted by Gasteiger charge is 2.78. The fourth-order valence-corrected chi connectivity index (χ4v) is 9.80. The molecule has 21 heteroatoms. The molecule has 328 valence electrons. The van der Waals surface area contributed by atoms with Gasteiger partial charge in [-0.1, -0.05) is 19.9 Å². The Morgan fingerprint density at radius 3 is 2.28 bits per heavy atom. The van der Waals surface area contributed by atoms with Crippen molar-refractivity contribution in [2.24, 2.45) is 28.6 Å².